The lowest BCUT2D eigenvalue weighted by Crippen LogP contribution is -2.55. The first-order valence-corrected chi connectivity index (χ1v) is 8.14. The van der Waals surface area contributed by atoms with Gasteiger partial charge in [0.15, 0.2) is 6.61 Å². The Morgan fingerprint density at radius 1 is 1.38 bits per heavy atom. The summed E-state index contributed by atoms with van der Waals surface area (Å²) in [6, 6.07) is 4.29. The molecule has 21 heavy (non-hydrogen) atoms. The van der Waals surface area contributed by atoms with Crippen LogP contribution in [0.2, 0.25) is 0 Å². The molecular formula is C13H16N2O5S. The van der Waals surface area contributed by atoms with Crippen LogP contribution in [0.4, 0.5) is 5.69 Å². The second-order valence-corrected chi connectivity index (χ2v) is 7.07. The molecule has 3 N–H and O–H groups in total. The van der Waals surface area contributed by atoms with Crippen LogP contribution in [0, 0.1) is 0 Å². The lowest BCUT2D eigenvalue weighted by molar-refractivity contribution is -0.118. The van der Waals surface area contributed by atoms with Gasteiger partial charge >= 0.3 is 0 Å². The standard InChI is InChI=1S/C13H16N2O5S/c16-8-13(4-1-5-13)15-21(18,19)9-2-3-11-10(6-9)14-12(17)7-20-11/h2-3,6,15-16H,1,4-5,7-8H2,(H,14,17). The van der Waals surface area contributed by atoms with Crippen LogP contribution in [0.5, 0.6) is 5.75 Å². The first kappa shape index (κ1) is 14.3. The third kappa shape index (κ3) is 2.61. The van der Waals surface area contributed by atoms with Gasteiger partial charge in [-0.15, -0.1) is 0 Å². The topological polar surface area (TPSA) is 105 Å². The van der Waals surface area contributed by atoms with E-state index in [-0.39, 0.29) is 24.0 Å². The molecule has 1 amide bonds. The van der Waals surface area contributed by atoms with Gasteiger partial charge < -0.3 is 15.2 Å². The minimum atomic E-state index is -3.76. The highest BCUT2D eigenvalue weighted by Crippen LogP contribution is 2.34. The van der Waals surface area contributed by atoms with Crippen molar-refractivity contribution in [1.29, 1.82) is 0 Å². The number of aliphatic hydroxyl groups excluding tert-OH is 1. The average Bonchev–Trinajstić information content (AvgIpc) is 2.42. The molecule has 8 heteroatoms. The normalized spacial score (nSPS) is 20.0. The molecule has 1 aromatic rings. The van der Waals surface area contributed by atoms with Gasteiger partial charge in [0.1, 0.15) is 5.75 Å². The number of sulfonamides is 1. The number of rotatable bonds is 4. The van der Waals surface area contributed by atoms with Crippen molar-refractivity contribution in [1.82, 2.24) is 4.72 Å². The SMILES string of the molecule is O=C1COc2ccc(S(=O)(=O)NC3(CO)CCC3)cc2N1. The first-order valence-electron chi connectivity index (χ1n) is 6.66. The summed E-state index contributed by atoms with van der Waals surface area (Å²) in [7, 11) is -3.76. The van der Waals surface area contributed by atoms with E-state index in [1.54, 1.807) is 0 Å². The molecule has 0 atom stereocenters. The van der Waals surface area contributed by atoms with Crippen LogP contribution >= 0.6 is 0 Å². The van der Waals surface area contributed by atoms with Gasteiger partial charge in [-0.05, 0) is 37.5 Å². The Balaban J connectivity index is 1.89. The van der Waals surface area contributed by atoms with Gasteiger partial charge in [0.05, 0.1) is 22.7 Å². The van der Waals surface area contributed by atoms with Gasteiger partial charge in [-0.2, -0.15) is 0 Å². The number of amides is 1. The van der Waals surface area contributed by atoms with E-state index in [2.05, 4.69) is 10.0 Å². The second-order valence-electron chi connectivity index (χ2n) is 5.39. The molecule has 114 valence electrons. The number of ether oxygens (including phenoxy) is 1. The highest BCUT2D eigenvalue weighted by molar-refractivity contribution is 7.89. The van der Waals surface area contributed by atoms with Crippen molar-refractivity contribution in [2.24, 2.45) is 0 Å². The average molecular weight is 312 g/mol. The second kappa shape index (κ2) is 4.97. The zero-order valence-electron chi connectivity index (χ0n) is 11.3. The highest BCUT2D eigenvalue weighted by Gasteiger charge is 2.40. The van der Waals surface area contributed by atoms with Crippen molar-refractivity contribution < 1.29 is 23.1 Å². The predicted molar refractivity (Wildman–Crippen MR) is 74.6 cm³/mol. The van der Waals surface area contributed by atoms with Crippen molar-refractivity contribution in [3.8, 4) is 5.75 Å². The van der Waals surface area contributed by atoms with Crippen molar-refractivity contribution in [2.45, 2.75) is 29.7 Å². The molecule has 1 heterocycles. The maximum atomic E-state index is 12.4. The van der Waals surface area contributed by atoms with E-state index < -0.39 is 15.6 Å². The fourth-order valence-corrected chi connectivity index (χ4v) is 3.95. The number of hydrogen-bond donors (Lipinski definition) is 3. The van der Waals surface area contributed by atoms with E-state index in [4.69, 9.17) is 4.74 Å². The Kier molecular flexibility index (Phi) is 3.39. The molecule has 2 aliphatic rings. The lowest BCUT2D eigenvalue weighted by atomic mass is 9.78. The van der Waals surface area contributed by atoms with Gasteiger partial charge in [-0.25, -0.2) is 13.1 Å². The Labute approximate surface area is 122 Å². The summed E-state index contributed by atoms with van der Waals surface area (Å²) >= 11 is 0. The molecule has 0 bridgehead atoms. The van der Waals surface area contributed by atoms with Gasteiger partial charge in [-0.1, -0.05) is 0 Å². The molecule has 1 aliphatic heterocycles. The quantitative estimate of drug-likeness (QED) is 0.737. The van der Waals surface area contributed by atoms with E-state index in [9.17, 15) is 18.3 Å². The minimum Gasteiger partial charge on any atom is -0.482 e. The van der Waals surface area contributed by atoms with Crippen LogP contribution in [0.3, 0.4) is 0 Å². The molecule has 0 aromatic heterocycles. The number of anilines is 1. The number of carbonyl (C=O) groups excluding carboxylic acids is 1. The molecule has 1 fully saturated rings. The number of fused-ring (bicyclic) bond motifs is 1. The van der Waals surface area contributed by atoms with Crippen molar-refractivity contribution in [2.75, 3.05) is 18.5 Å². The number of aliphatic hydroxyl groups is 1. The molecule has 1 saturated carbocycles. The van der Waals surface area contributed by atoms with Crippen molar-refractivity contribution >= 4 is 21.6 Å². The molecule has 0 radical (unpaired) electrons. The fourth-order valence-electron chi connectivity index (χ4n) is 2.47. The Morgan fingerprint density at radius 3 is 2.76 bits per heavy atom. The predicted octanol–water partition coefficient (Wildman–Crippen LogP) is 0.211. The van der Waals surface area contributed by atoms with Gasteiger partial charge in [0, 0.05) is 0 Å². The third-order valence-electron chi connectivity index (χ3n) is 3.86. The molecular weight excluding hydrogens is 296 g/mol. The number of hydrogen-bond acceptors (Lipinski definition) is 5. The maximum absolute atomic E-state index is 12.4. The van der Waals surface area contributed by atoms with Gasteiger partial charge in [-0.3, -0.25) is 4.79 Å². The Morgan fingerprint density at radius 2 is 2.14 bits per heavy atom. The summed E-state index contributed by atoms with van der Waals surface area (Å²) in [6.45, 7) is -0.304. The van der Waals surface area contributed by atoms with Crippen LogP contribution in [-0.2, 0) is 14.8 Å². The summed E-state index contributed by atoms with van der Waals surface area (Å²) in [5, 5.41) is 11.9. The van der Waals surface area contributed by atoms with E-state index in [0.717, 1.165) is 6.42 Å². The van der Waals surface area contributed by atoms with E-state index in [0.29, 0.717) is 24.3 Å². The Hall–Kier alpha value is -1.64. The van der Waals surface area contributed by atoms with Crippen LogP contribution in [0.15, 0.2) is 23.1 Å². The molecule has 0 unspecified atom stereocenters. The van der Waals surface area contributed by atoms with E-state index in [1.807, 2.05) is 0 Å². The zero-order valence-corrected chi connectivity index (χ0v) is 12.1. The minimum absolute atomic E-state index is 0.0341. The Bertz CT molecular complexity index is 676. The van der Waals surface area contributed by atoms with E-state index in [1.165, 1.54) is 18.2 Å². The van der Waals surface area contributed by atoms with Crippen LogP contribution < -0.4 is 14.8 Å². The summed E-state index contributed by atoms with van der Waals surface area (Å²) in [5.74, 6) is 0.116. The third-order valence-corrected chi connectivity index (χ3v) is 5.43. The fraction of sp³-hybridized carbons (Fsp3) is 0.462. The van der Waals surface area contributed by atoms with Gasteiger partial charge in [0.25, 0.3) is 5.91 Å². The van der Waals surface area contributed by atoms with Crippen LogP contribution in [-0.4, -0.2) is 38.2 Å². The van der Waals surface area contributed by atoms with Crippen LogP contribution in [0.25, 0.3) is 0 Å². The number of nitrogens with one attached hydrogen (secondary N) is 2. The van der Waals surface area contributed by atoms with Gasteiger partial charge in [0.2, 0.25) is 10.0 Å². The molecule has 0 saturated heterocycles. The number of carbonyl (C=O) groups is 1. The lowest BCUT2D eigenvalue weighted by Gasteiger charge is -2.40. The monoisotopic (exact) mass is 312 g/mol. The molecule has 3 rings (SSSR count). The largest absolute Gasteiger partial charge is 0.482 e. The smallest absolute Gasteiger partial charge is 0.262 e. The van der Waals surface area contributed by atoms with Crippen LogP contribution in [0.1, 0.15) is 19.3 Å². The summed E-state index contributed by atoms with van der Waals surface area (Å²) < 4.78 is 32.5. The molecule has 1 aliphatic carbocycles. The summed E-state index contributed by atoms with van der Waals surface area (Å²) in [5.41, 5.74) is -0.421. The number of benzene rings is 1. The first-order chi connectivity index (χ1) is 9.94. The summed E-state index contributed by atoms with van der Waals surface area (Å²) in [6.07, 6.45) is 2.12. The molecule has 1 aromatic carbocycles. The molecule has 7 nitrogen and oxygen atoms in total. The zero-order chi connectivity index (χ0) is 15.1. The van der Waals surface area contributed by atoms with E-state index >= 15 is 0 Å². The molecule has 0 spiro atoms. The summed E-state index contributed by atoms with van der Waals surface area (Å²) in [4.78, 5) is 11.3. The maximum Gasteiger partial charge on any atom is 0.262 e. The highest BCUT2D eigenvalue weighted by atomic mass is 32.2. The van der Waals surface area contributed by atoms with Crippen molar-refractivity contribution in [3.05, 3.63) is 18.2 Å². The van der Waals surface area contributed by atoms with Crippen molar-refractivity contribution in [3.63, 3.8) is 0 Å².